The van der Waals surface area contributed by atoms with Crippen molar-refractivity contribution >= 4 is 11.8 Å². The Labute approximate surface area is 74.5 Å². The zero-order chi connectivity index (χ0) is 8.32. The molecule has 2 heteroatoms. The van der Waals surface area contributed by atoms with Crippen molar-refractivity contribution in [2.24, 2.45) is 5.41 Å². The lowest BCUT2D eigenvalue weighted by molar-refractivity contribution is 0.223. The number of nitrogens with zero attached hydrogens (tertiary/aromatic N) is 1. The maximum atomic E-state index is 2.46. The molecule has 1 rings (SSSR count). The van der Waals surface area contributed by atoms with Crippen LogP contribution in [0.5, 0.6) is 0 Å². The van der Waals surface area contributed by atoms with E-state index in [4.69, 9.17) is 0 Å². The van der Waals surface area contributed by atoms with Crippen molar-refractivity contribution in [2.75, 3.05) is 31.6 Å². The minimum Gasteiger partial charge on any atom is -0.305 e. The molecule has 0 aromatic heterocycles. The van der Waals surface area contributed by atoms with Crippen LogP contribution in [0.1, 0.15) is 20.3 Å². The van der Waals surface area contributed by atoms with Crippen molar-refractivity contribution in [3.05, 3.63) is 0 Å². The summed E-state index contributed by atoms with van der Waals surface area (Å²) in [6, 6.07) is 0. The molecule has 1 atom stereocenters. The molecule has 0 spiro atoms. The fraction of sp³-hybridized carbons (Fsp3) is 1.00. The molecule has 1 unspecified atom stereocenters. The topological polar surface area (TPSA) is 3.24 Å². The van der Waals surface area contributed by atoms with Gasteiger partial charge in [-0.25, -0.2) is 0 Å². The highest BCUT2D eigenvalue weighted by atomic mass is 32.2. The molecule has 11 heavy (non-hydrogen) atoms. The van der Waals surface area contributed by atoms with Gasteiger partial charge >= 0.3 is 0 Å². The fourth-order valence-electron chi connectivity index (χ4n) is 1.53. The van der Waals surface area contributed by atoms with Crippen LogP contribution in [-0.4, -0.2) is 36.5 Å². The van der Waals surface area contributed by atoms with Crippen molar-refractivity contribution in [3.63, 3.8) is 0 Å². The molecular weight excluding hydrogens is 154 g/mol. The average molecular weight is 173 g/mol. The van der Waals surface area contributed by atoms with Crippen LogP contribution in [0, 0.1) is 5.41 Å². The second kappa shape index (κ2) is 3.81. The number of hydrogen-bond donors (Lipinski definition) is 0. The van der Waals surface area contributed by atoms with E-state index in [1.54, 1.807) is 0 Å². The van der Waals surface area contributed by atoms with Gasteiger partial charge in [0.25, 0.3) is 0 Å². The van der Waals surface area contributed by atoms with Crippen molar-refractivity contribution in [1.29, 1.82) is 0 Å². The zero-order valence-corrected chi connectivity index (χ0v) is 8.71. The second-order valence-electron chi connectivity index (χ2n) is 3.95. The molecule has 0 aromatic carbocycles. The van der Waals surface area contributed by atoms with Gasteiger partial charge in [-0.1, -0.05) is 13.8 Å². The smallest absolute Gasteiger partial charge is 0.00695 e. The van der Waals surface area contributed by atoms with Gasteiger partial charge < -0.3 is 4.90 Å². The lowest BCUT2D eigenvalue weighted by Gasteiger charge is -2.29. The first-order valence-electron chi connectivity index (χ1n) is 4.42. The molecule has 0 aromatic rings. The average Bonchev–Trinajstić information content (AvgIpc) is 2.13. The van der Waals surface area contributed by atoms with Crippen LogP contribution in [-0.2, 0) is 0 Å². The normalized spacial score (nSPS) is 35.2. The molecular formula is C9H19NS. The summed E-state index contributed by atoms with van der Waals surface area (Å²) < 4.78 is 0. The molecule has 0 saturated carbocycles. The van der Waals surface area contributed by atoms with Crippen LogP contribution in [0.25, 0.3) is 0 Å². The second-order valence-corrected chi connectivity index (χ2v) is 5.06. The first-order chi connectivity index (χ1) is 5.16. The highest BCUT2D eigenvalue weighted by Gasteiger charge is 2.25. The van der Waals surface area contributed by atoms with Crippen LogP contribution in [0.2, 0.25) is 0 Å². The quantitative estimate of drug-likeness (QED) is 0.597. The summed E-state index contributed by atoms with van der Waals surface area (Å²) >= 11 is 2.11. The Morgan fingerprint density at radius 2 is 2.27 bits per heavy atom. The summed E-state index contributed by atoms with van der Waals surface area (Å²) in [7, 11) is 2.24. The van der Waals surface area contributed by atoms with Gasteiger partial charge in [0.2, 0.25) is 0 Å². The Hall–Kier alpha value is 0.310. The molecule has 0 bridgehead atoms. The molecule has 0 amide bonds. The predicted molar refractivity (Wildman–Crippen MR) is 53.2 cm³/mol. The minimum absolute atomic E-state index is 0.565. The third kappa shape index (κ3) is 2.68. The summed E-state index contributed by atoms with van der Waals surface area (Å²) in [6.45, 7) is 7.25. The van der Waals surface area contributed by atoms with Crippen molar-refractivity contribution in [2.45, 2.75) is 20.3 Å². The van der Waals surface area contributed by atoms with Gasteiger partial charge in [0.05, 0.1) is 0 Å². The van der Waals surface area contributed by atoms with Crippen LogP contribution >= 0.6 is 11.8 Å². The molecule has 1 aliphatic heterocycles. The van der Waals surface area contributed by atoms with Crippen LogP contribution in [0.4, 0.5) is 0 Å². The maximum Gasteiger partial charge on any atom is 0.00695 e. The SMILES string of the molecule is CCC1(C)CSCCN(C)C1. The van der Waals surface area contributed by atoms with E-state index in [0.29, 0.717) is 5.41 Å². The van der Waals surface area contributed by atoms with Gasteiger partial charge in [-0.15, -0.1) is 0 Å². The van der Waals surface area contributed by atoms with E-state index < -0.39 is 0 Å². The number of hydrogen-bond acceptors (Lipinski definition) is 2. The Balaban J connectivity index is 2.51. The van der Waals surface area contributed by atoms with Crippen LogP contribution in [0.15, 0.2) is 0 Å². The first-order valence-corrected chi connectivity index (χ1v) is 5.58. The summed E-state index contributed by atoms with van der Waals surface area (Å²) in [5, 5.41) is 0. The summed E-state index contributed by atoms with van der Waals surface area (Å²) in [4.78, 5) is 2.46. The standard InChI is InChI=1S/C9H19NS/c1-4-9(2)7-10(3)5-6-11-8-9/h4-8H2,1-3H3. The van der Waals surface area contributed by atoms with Gasteiger partial charge in [0.15, 0.2) is 0 Å². The zero-order valence-electron chi connectivity index (χ0n) is 7.89. The molecule has 66 valence electrons. The highest BCUT2D eigenvalue weighted by Crippen LogP contribution is 2.29. The van der Waals surface area contributed by atoms with E-state index >= 15 is 0 Å². The van der Waals surface area contributed by atoms with E-state index in [2.05, 4.69) is 37.6 Å². The van der Waals surface area contributed by atoms with Crippen molar-refractivity contribution in [1.82, 2.24) is 4.90 Å². The van der Waals surface area contributed by atoms with Crippen LogP contribution in [0.3, 0.4) is 0 Å². The van der Waals surface area contributed by atoms with E-state index in [-0.39, 0.29) is 0 Å². The molecule has 0 radical (unpaired) electrons. The van der Waals surface area contributed by atoms with Gasteiger partial charge in [-0.05, 0) is 24.6 Å². The number of thioether (sulfide) groups is 1. The molecule has 1 aliphatic rings. The Bertz CT molecular complexity index is 127. The van der Waals surface area contributed by atoms with Crippen molar-refractivity contribution < 1.29 is 0 Å². The molecule has 0 N–H and O–H groups in total. The fourth-order valence-corrected chi connectivity index (χ4v) is 2.90. The van der Waals surface area contributed by atoms with E-state index in [0.717, 1.165) is 0 Å². The Kier molecular flexibility index (Phi) is 3.26. The lowest BCUT2D eigenvalue weighted by Crippen LogP contribution is -2.33. The highest BCUT2D eigenvalue weighted by molar-refractivity contribution is 7.99. The van der Waals surface area contributed by atoms with Gasteiger partial charge in [0, 0.05) is 18.8 Å². The van der Waals surface area contributed by atoms with Crippen molar-refractivity contribution in [3.8, 4) is 0 Å². The lowest BCUT2D eigenvalue weighted by atomic mass is 9.89. The van der Waals surface area contributed by atoms with E-state index in [1.165, 1.54) is 31.0 Å². The monoisotopic (exact) mass is 173 g/mol. The molecule has 1 heterocycles. The molecule has 1 saturated heterocycles. The molecule has 0 aliphatic carbocycles. The van der Waals surface area contributed by atoms with Gasteiger partial charge in [0.1, 0.15) is 0 Å². The largest absolute Gasteiger partial charge is 0.305 e. The summed E-state index contributed by atoms with van der Waals surface area (Å²) in [5.74, 6) is 2.65. The summed E-state index contributed by atoms with van der Waals surface area (Å²) in [5.41, 5.74) is 0.565. The Morgan fingerprint density at radius 3 is 2.91 bits per heavy atom. The maximum absolute atomic E-state index is 2.46. The van der Waals surface area contributed by atoms with Gasteiger partial charge in [-0.2, -0.15) is 11.8 Å². The molecule has 1 fully saturated rings. The van der Waals surface area contributed by atoms with Crippen LogP contribution < -0.4 is 0 Å². The van der Waals surface area contributed by atoms with E-state index in [9.17, 15) is 0 Å². The first kappa shape index (κ1) is 9.40. The third-order valence-electron chi connectivity index (χ3n) is 2.57. The minimum atomic E-state index is 0.565. The Morgan fingerprint density at radius 1 is 1.55 bits per heavy atom. The predicted octanol–water partition coefficient (Wildman–Crippen LogP) is 2.08. The third-order valence-corrected chi connectivity index (χ3v) is 3.95. The molecule has 1 nitrogen and oxygen atoms in total. The van der Waals surface area contributed by atoms with Gasteiger partial charge in [-0.3, -0.25) is 0 Å². The number of rotatable bonds is 1. The summed E-state index contributed by atoms with van der Waals surface area (Å²) in [6.07, 6.45) is 1.31. The van der Waals surface area contributed by atoms with E-state index in [1.807, 2.05) is 0 Å².